The molecule has 0 aliphatic heterocycles. The molecule has 0 unspecified atom stereocenters. The Morgan fingerprint density at radius 3 is 2.83 bits per heavy atom. The molecule has 0 bridgehead atoms. The number of aryl methyl sites for hydroxylation is 1. The van der Waals surface area contributed by atoms with E-state index in [4.69, 9.17) is 0 Å². The average Bonchev–Trinajstić information content (AvgIpc) is 3.15. The molecule has 0 aliphatic rings. The Kier molecular flexibility index (Phi) is 3.62. The molecule has 8 nitrogen and oxygen atoms in total. The third-order valence-corrected chi connectivity index (χ3v) is 4.28. The van der Waals surface area contributed by atoms with Gasteiger partial charge in [0.15, 0.2) is 5.82 Å². The van der Waals surface area contributed by atoms with E-state index in [0.717, 1.165) is 5.56 Å². The first kappa shape index (κ1) is 14.6. The second-order valence-electron chi connectivity index (χ2n) is 5.32. The van der Waals surface area contributed by atoms with Crippen molar-refractivity contribution in [3.8, 4) is 0 Å². The average molecular weight is 339 g/mol. The van der Waals surface area contributed by atoms with Crippen molar-refractivity contribution in [1.82, 2.24) is 34.8 Å². The lowest BCUT2D eigenvalue weighted by atomic mass is 10.1. The van der Waals surface area contributed by atoms with E-state index >= 15 is 0 Å². The molecule has 0 N–H and O–H groups in total. The van der Waals surface area contributed by atoms with Crippen molar-refractivity contribution in [1.29, 1.82) is 0 Å². The van der Waals surface area contributed by atoms with Gasteiger partial charge in [-0.15, -0.1) is 10.2 Å². The van der Waals surface area contributed by atoms with Crippen LogP contribution in [-0.2, 0) is 13.0 Å². The van der Waals surface area contributed by atoms with Crippen LogP contribution in [0.2, 0.25) is 0 Å². The van der Waals surface area contributed by atoms with E-state index in [1.807, 2.05) is 30.3 Å². The number of hydrogen-bond donors (Lipinski definition) is 0. The second-order valence-corrected chi connectivity index (χ2v) is 6.36. The molecule has 0 saturated carbocycles. The molecule has 4 aromatic rings. The van der Waals surface area contributed by atoms with Crippen LogP contribution in [0.5, 0.6) is 0 Å². The molecule has 0 atom stereocenters. The van der Waals surface area contributed by atoms with Crippen molar-refractivity contribution in [2.45, 2.75) is 19.9 Å². The summed E-state index contributed by atoms with van der Waals surface area (Å²) in [6, 6.07) is 11.4. The van der Waals surface area contributed by atoms with Gasteiger partial charge in [0.1, 0.15) is 11.6 Å². The normalized spacial score (nSPS) is 11.2. The van der Waals surface area contributed by atoms with E-state index in [1.165, 1.54) is 26.7 Å². The quantitative estimate of drug-likeness (QED) is 0.553. The molecular weight excluding hydrogens is 326 g/mol. The van der Waals surface area contributed by atoms with Crippen LogP contribution in [0.15, 0.2) is 41.2 Å². The SMILES string of the molecule is Cc1cc(=O)n2nc(Cn3nnc(Cc4ccccc4)n3)sc2n1. The van der Waals surface area contributed by atoms with Gasteiger partial charge in [0, 0.05) is 18.2 Å². The van der Waals surface area contributed by atoms with Gasteiger partial charge in [-0.25, -0.2) is 4.98 Å². The van der Waals surface area contributed by atoms with E-state index in [9.17, 15) is 4.79 Å². The lowest BCUT2D eigenvalue weighted by molar-refractivity contribution is 0.564. The molecule has 3 heterocycles. The van der Waals surface area contributed by atoms with Gasteiger partial charge < -0.3 is 0 Å². The zero-order chi connectivity index (χ0) is 16.5. The molecule has 0 amide bonds. The molecule has 9 heteroatoms. The van der Waals surface area contributed by atoms with Crippen molar-refractivity contribution in [2.24, 2.45) is 0 Å². The molecule has 0 radical (unpaired) electrons. The van der Waals surface area contributed by atoms with Crippen LogP contribution in [-0.4, -0.2) is 34.8 Å². The molecule has 120 valence electrons. The number of fused-ring (bicyclic) bond motifs is 1. The summed E-state index contributed by atoms with van der Waals surface area (Å²) in [4.78, 5) is 18.3. The maximum absolute atomic E-state index is 11.9. The molecule has 1 aromatic carbocycles. The maximum atomic E-state index is 11.9. The molecule has 0 saturated heterocycles. The van der Waals surface area contributed by atoms with Crippen LogP contribution >= 0.6 is 11.3 Å². The van der Waals surface area contributed by atoms with Crippen molar-refractivity contribution in [2.75, 3.05) is 0 Å². The highest BCUT2D eigenvalue weighted by Crippen LogP contribution is 2.12. The number of hydrogen-bond acceptors (Lipinski definition) is 7. The Hall–Kier alpha value is -2.94. The van der Waals surface area contributed by atoms with Crippen LogP contribution < -0.4 is 5.56 Å². The highest BCUT2D eigenvalue weighted by atomic mass is 32.1. The van der Waals surface area contributed by atoms with Crippen molar-refractivity contribution in [3.05, 3.63) is 68.8 Å². The summed E-state index contributed by atoms with van der Waals surface area (Å²) in [6.07, 6.45) is 0.626. The first-order valence-electron chi connectivity index (χ1n) is 7.34. The number of tetrazole rings is 1. The van der Waals surface area contributed by atoms with Gasteiger partial charge >= 0.3 is 0 Å². The van der Waals surface area contributed by atoms with E-state index in [-0.39, 0.29) is 5.56 Å². The first-order chi connectivity index (χ1) is 11.7. The summed E-state index contributed by atoms with van der Waals surface area (Å²) in [5.41, 5.74) is 1.62. The van der Waals surface area contributed by atoms with Gasteiger partial charge in [-0.1, -0.05) is 41.7 Å². The summed E-state index contributed by atoms with van der Waals surface area (Å²) in [6.45, 7) is 2.14. The molecule has 3 aromatic heterocycles. The first-order valence-corrected chi connectivity index (χ1v) is 8.16. The minimum absolute atomic E-state index is 0.184. The molecule has 0 spiro atoms. The zero-order valence-electron chi connectivity index (χ0n) is 12.8. The zero-order valence-corrected chi connectivity index (χ0v) is 13.6. The maximum Gasteiger partial charge on any atom is 0.275 e. The molecule has 4 rings (SSSR count). The minimum Gasteiger partial charge on any atom is -0.267 e. The molecule has 0 fully saturated rings. The number of nitrogens with zero attached hydrogens (tertiary/aromatic N) is 7. The predicted octanol–water partition coefficient (Wildman–Crippen LogP) is 1.09. The largest absolute Gasteiger partial charge is 0.275 e. The lowest BCUT2D eigenvalue weighted by Gasteiger charge is -1.95. The van der Waals surface area contributed by atoms with Gasteiger partial charge in [0.25, 0.3) is 5.56 Å². The number of rotatable bonds is 4. The summed E-state index contributed by atoms with van der Waals surface area (Å²) >= 11 is 1.35. The van der Waals surface area contributed by atoms with E-state index in [2.05, 4.69) is 25.5 Å². The second kappa shape index (κ2) is 5.93. The fraction of sp³-hybridized carbons (Fsp3) is 0.200. The van der Waals surface area contributed by atoms with Gasteiger partial charge in [-0.3, -0.25) is 4.79 Å². The van der Waals surface area contributed by atoms with Gasteiger partial charge in [0.05, 0.1) is 0 Å². The molecular formula is C15H13N7OS. The van der Waals surface area contributed by atoms with E-state index in [0.29, 0.717) is 34.5 Å². The lowest BCUT2D eigenvalue weighted by Crippen LogP contribution is -2.14. The predicted molar refractivity (Wildman–Crippen MR) is 88.0 cm³/mol. The minimum atomic E-state index is -0.184. The Morgan fingerprint density at radius 1 is 1.17 bits per heavy atom. The topological polar surface area (TPSA) is 90.9 Å². The third kappa shape index (κ3) is 2.93. The third-order valence-electron chi connectivity index (χ3n) is 3.39. The summed E-state index contributed by atoms with van der Waals surface area (Å²) in [5.74, 6) is 0.647. The standard InChI is InChI=1S/C15H13N7OS/c1-10-7-14(23)22-15(16-10)24-13(19-22)9-21-18-12(17-20-21)8-11-5-3-2-4-6-11/h2-7H,8-9H2,1H3. The van der Waals surface area contributed by atoms with Crippen molar-refractivity contribution < 1.29 is 0 Å². The van der Waals surface area contributed by atoms with E-state index < -0.39 is 0 Å². The fourth-order valence-electron chi connectivity index (χ4n) is 2.34. The van der Waals surface area contributed by atoms with Crippen LogP contribution in [0.1, 0.15) is 22.1 Å². The van der Waals surface area contributed by atoms with E-state index in [1.54, 1.807) is 6.92 Å². The molecule has 0 aliphatic carbocycles. The highest BCUT2D eigenvalue weighted by molar-refractivity contribution is 7.16. The van der Waals surface area contributed by atoms with Gasteiger partial charge in [-0.05, 0) is 17.7 Å². The summed E-state index contributed by atoms with van der Waals surface area (Å²) in [7, 11) is 0. The summed E-state index contributed by atoms with van der Waals surface area (Å²) in [5, 5.41) is 17.5. The Balaban J connectivity index is 1.56. The number of aromatic nitrogens is 7. The smallest absolute Gasteiger partial charge is 0.267 e. The van der Waals surface area contributed by atoms with Crippen LogP contribution in [0.3, 0.4) is 0 Å². The Labute approximate surface area is 140 Å². The van der Waals surface area contributed by atoms with Crippen LogP contribution in [0.25, 0.3) is 4.96 Å². The van der Waals surface area contributed by atoms with Crippen LogP contribution in [0.4, 0.5) is 0 Å². The fourth-order valence-corrected chi connectivity index (χ4v) is 3.26. The molecule has 24 heavy (non-hydrogen) atoms. The van der Waals surface area contributed by atoms with Crippen molar-refractivity contribution in [3.63, 3.8) is 0 Å². The van der Waals surface area contributed by atoms with Gasteiger partial charge in [-0.2, -0.15) is 14.4 Å². The monoisotopic (exact) mass is 339 g/mol. The number of benzene rings is 1. The van der Waals surface area contributed by atoms with Crippen LogP contribution in [0, 0.1) is 6.92 Å². The highest BCUT2D eigenvalue weighted by Gasteiger charge is 2.10. The summed E-state index contributed by atoms with van der Waals surface area (Å²) < 4.78 is 1.30. The van der Waals surface area contributed by atoms with Crippen molar-refractivity contribution >= 4 is 16.3 Å². The Morgan fingerprint density at radius 2 is 2.00 bits per heavy atom. The Bertz CT molecular complexity index is 1050. The van der Waals surface area contributed by atoms with Gasteiger partial charge in [0.2, 0.25) is 4.96 Å².